The van der Waals surface area contributed by atoms with E-state index in [1.54, 1.807) is 24.3 Å². The first kappa shape index (κ1) is 20.1. The fourth-order valence-corrected chi connectivity index (χ4v) is 3.07. The highest BCUT2D eigenvalue weighted by Crippen LogP contribution is 2.21. The molecule has 0 aromatic heterocycles. The lowest BCUT2D eigenvalue weighted by molar-refractivity contribution is 0.0697. The second-order valence-corrected chi connectivity index (χ2v) is 7.04. The number of aliphatic hydroxyl groups excluding tert-OH is 1. The largest absolute Gasteiger partial charge is 0.478 e. The van der Waals surface area contributed by atoms with Gasteiger partial charge in [0.15, 0.2) is 0 Å². The third-order valence-electron chi connectivity index (χ3n) is 4.60. The van der Waals surface area contributed by atoms with E-state index in [1.165, 1.54) is 5.56 Å². The molecule has 0 saturated heterocycles. The lowest BCUT2D eigenvalue weighted by atomic mass is 10.0. The highest BCUT2D eigenvalue weighted by atomic mass is 35.5. The van der Waals surface area contributed by atoms with Crippen molar-refractivity contribution in [1.29, 1.82) is 0 Å². The molecule has 28 heavy (non-hydrogen) atoms. The van der Waals surface area contributed by atoms with Gasteiger partial charge in [-0.2, -0.15) is 0 Å². The molecule has 0 unspecified atom stereocenters. The standard InChI is InChI=1S/C23H22ClNO3/c24-21-11-9-19(10-12-21)22(26)15-25-14-13-16-1-3-17(4-2-16)18-5-7-20(8-6-18)23(27)28/h1-12,22,25-26H,13-15H2,(H,27,28)/t22-/m0/s1. The van der Waals surface area contributed by atoms with Gasteiger partial charge in [0.2, 0.25) is 0 Å². The molecule has 1 atom stereocenters. The minimum absolute atomic E-state index is 0.284. The monoisotopic (exact) mass is 395 g/mol. The SMILES string of the molecule is O=C(O)c1ccc(-c2ccc(CCNC[C@H](O)c3ccc(Cl)cc3)cc2)cc1. The Labute approximate surface area is 169 Å². The zero-order chi connectivity index (χ0) is 19.9. The predicted octanol–water partition coefficient (Wildman–Crippen LogP) is 4.57. The smallest absolute Gasteiger partial charge is 0.335 e. The fraction of sp³-hybridized carbons (Fsp3) is 0.174. The highest BCUT2D eigenvalue weighted by Gasteiger charge is 2.07. The first-order valence-corrected chi connectivity index (χ1v) is 9.47. The maximum Gasteiger partial charge on any atom is 0.335 e. The maximum atomic E-state index is 10.9. The second kappa shape index (κ2) is 9.51. The normalized spacial score (nSPS) is 11.9. The van der Waals surface area contributed by atoms with Gasteiger partial charge in [0.1, 0.15) is 0 Å². The van der Waals surface area contributed by atoms with Gasteiger partial charge >= 0.3 is 5.97 Å². The average molecular weight is 396 g/mol. The molecule has 0 bridgehead atoms. The third kappa shape index (κ3) is 5.42. The van der Waals surface area contributed by atoms with Crippen molar-refractivity contribution in [2.45, 2.75) is 12.5 Å². The van der Waals surface area contributed by atoms with Crippen LogP contribution in [0.5, 0.6) is 0 Å². The van der Waals surface area contributed by atoms with Crippen LogP contribution in [-0.4, -0.2) is 29.3 Å². The third-order valence-corrected chi connectivity index (χ3v) is 4.85. The molecule has 0 spiro atoms. The Morgan fingerprint density at radius 3 is 2.04 bits per heavy atom. The summed E-state index contributed by atoms with van der Waals surface area (Å²) in [5.74, 6) is -0.921. The molecule has 3 aromatic rings. The number of rotatable bonds is 8. The molecular formula is C23H22ClNO3. The Morgan fingerprint density at radius 1 is 0.893 bits per heavy atom. The van der Waals surface area contributed by atoms with Crippen LogP contribution in [0, 0.1) is 0 Å². The molecular weight excluding hydrogens is 374 g/mol. The molecule has 3 aromatic carbocycles. The van der Waals surface area contributed by atoms with Gasteiger partial charge in [0, 0.05) is 11.6 Å². The highest BCUT2D eigenvalue weighted by molar-refractivity contribution is 6.30. The summed E-state index contributed by atoms with van der Waals surface area (Å²) in [7, 11) is 0. The van der Waals surface area contributed by atoms with E-state index in [0.29, 0.717) is 11.6 Å². The number of nitrogens with one attached hydrogen (secondary N) is 1. The Morgan fingerprint density at radius 2 is 1.46 bits per heavy atom. The fourth-order valence-electron chi connectivity index (χ4n) is 2.94. The van der Waals surface area contributed by atoms with E-state index in [4.69, 9.17) is 16.7 Å². The summed E-state index contributed by atoms with van der Waals surface area (Å²) < 4.78 is 0. The van der Waals surface area contributed by atoms with E-state index >= 15 is 0 Å². The number of carboxylic acids is 1. The molecule has 0 saturated carbocycles. The van der Waals surface area contributed by atoms with Crippen molar-refractivity contribution >= 4 is 17.6 Å². The molecule has 5 heteroatoms. The zero-order valence-electron chi connectivity index (χ0n) is 15.3. The predicted molar refractivity (Wildman–Crippen MR) is 112 cm³/mol. The van der Waals surface area contributed by atoms with Crippen molar-refractivity contribution in [1.82, 2.24) is 5.32 Å². The minimum Gasteiger partial charge on any atom is -0.478 e. The minimum atomic E-state index is -0.921. The number of aliphatic hydroxyl groups is 1. The first-order valence-electron chi connectivity index (χ1n) is 9.10. The first-order chi connectivity index (χ1) is 13.5. The molecule has 0 fully saturated rings. The number of halogens is 1. The Hall–Kier alpha value is -2.66. The zero-order valence-corrected chi connectivity index (χ0v) is 16.1. The molecule has 4 nitrogen and oxygen atoms in total. The lowest BCUT2D eigenvalue weighted by Gasteiger charge is -2.12. The van der Waals surface area contributed by atoms with Gasteiger partial charge in [0.05, 0.1) is 11.7 Å². The van der Waals surface area contributed by atoms with E-state index in [-0.39, 0.29) is 5.56 Å². The molecule has 0 aliphatic heterocycles. The van der Waals surface area contributed by atoms with Crippen molar-refractivity contribution in [2.24, 2.45) is 0 Å². The summed E-state index contributed by atoms with van der Waals surface area (Å²) in [5, 5.41) is 23.1. The molecule has 0 radical (unpaired) electrons. The topological polar surface area (TPSA) is 69.6 Å². The van der Waals surface area contributed by atoms with Crippen molar-refractivity contribution < 1.29 is 15.0 Å². The van der Waals surface area contributed by atoms with Crippen LogP contribution < -0.4 is 5.32 Å². The number of carboxylic acid groups (broad SMARTS) is 1. The summed E-state index contributed by atoms with van der Waals surface area (Å²) >= 11 is 5.86. The van der Waals surface area contributed by atoms with E-state index in [1.807, 2.05) is 36.4 Å². The van der Waals surface area contributed by atoms with Crippen LogP contribution in [0.3, 0.4) is 0 Å². The van der Waals surface area contributed by atoms with Crippen molar-refractivity contribution in [3.8, 4) is 11.1 Å². The van der Waals surface area contributed by atoms with Gasteiger partial charge in [0.25, 0.3) is 0 Å². The van der Waals surface area contributed by atoms with Crippen LogP contribution in [0.15, 0.2) is 72.8 Å². The second-order valence-electron chi connectivity index (χ2n) is 6.60. The van der Waals surface area contributed by atoms with Crippen LogP contribution in [0.4, 0.5) is 0 Å². The molecule has 0 aliphatic carbocycles. The van der Waals surface area contributed by atoms with E-state index < -0.39 is 12.1 Å². The Bertz CT molecular complexity index is 906. The summed E-state index contributed by atoms with van der Waals surface area (Å²) in [4.78, 5) is 10.9. The number of hydrogen-bond donors (Lipinski definition) is 3. The van der Waals surface area contributed by atoms with Crippen LogP contribution in [0.1, 0.15) is 27.6 Å². The Kier molecular flexibility index (Phi) is 6.82. The van der Waals surface area contributed by atoms with Crippen LogP contribution in [0.2, 0.25) is 5.02 Å². The van der Waals surface area contributed by atoms with E-state index in [0.717, 1.165) is 29.7 Å². The summed E-state index contributed by atoms with van der Waals surface area (Å²) in [5.41, 5.74) is 4.36. The number of hydrogen-bond acceptors (Lipinski definition) is 3. The Balaban J connectivity index is 1.48. The molecule has 144 valence electrons. The molecule has 3 N–H and O–H groups in total. The molecule has 0 heterocycles. The van der Waals surface area contributed by atoms with Crippen LogP contribution in [0.25, 0.3) is 11.1 Å². The van der Waals surface area contributed by atoms with Gasteiger partial charge < -0.3 is 15.5 Å². The summed E-state index contributed by atoms with van der Waals surface area (Å²) in [6, 6.07) is 22.3. The van der Waals surface area contributed by atoms with Gasteiger partial charge in [-0.15, -0.1) is 0 Å². The molecule has 0 aliphatic rings. The number of carbonyl (C=O) groups is 1. The van der Waals surface area contributed by atoms with Crippen LogP contribution in [-0.2, 0) is 6.42 Å². The van der Waals surface area contributed by atoms with Crippen molar-refractivity contribution in [2.75, 3.05) is 13.1 Å². The van der Waals surface area contributed by atoms with Gasteiger partial charge in [-0.05, 0) is 59.5 Å². The maximum absolute atomic E-state index is 10.9. The van der Waals surface area contributed by atoms with Crippen molar-refractivity contribution in [3.63, 3.8) is 0 Å². The van der Waals surface area contributed by atoms with Gasteiger partial charge in [-0.3, -0.25) is 0 Å². The van der Waals surface area contributed by atoms with Gasteiger partial charge in [-0.1, -0.05) is 60.1 Å². The molecule has 3 rings (SSSR count). The summed E-state index contributed by atoms with van der Waals surface area (Å²) in [6.07, 6.45) is 0.291. The average Bonchev–Trinajstić information content (AvgIpc) is 2.72. The molecule has 0 amide bonds. The lowest BCUT2D eigenvalue weighted by Crippen LogP contribution is -2.23. The summed E-state index contributed by atoms with van der Waals surface area (Å²) in [6.45, 7) is 1.24. The van der Waals surface area contributed by atoms with Gasteiger partial charge in [-0.25, -0.2) is 4.79 Å². The van der Waals surface area contributed by atoms with Crippen molar-refractivity contribution in [3.05, 3.63) is 94.5 Å². The number of aromatic carboxylic acids is 1. The quantitative estimate of drug-likeness (QED) is 0.488. The van der Waals surface area contributed by atoms with Crippen LogP contribution >= 0.6 is 11.6 Å². The number of benzene rings is 3. The van der Waals surface area contributed by atoms with E-state index in [2.05, 4.69) is 17.4 Å². The van der Waals surface area contributed by atoms with E-state index in [9.17, 15) is 9.90 Å².